The van der Waals surface area contributed by atoms with E-state index in [0.717, 1.165) is 47.5 Å². The predicted octanol–water partition coefficient (Wildman–Crippen LogP) is 6.17. The van der Waals surface area contributed by atoms with Gasteiger partial charge in [-0.3, -0.25) is 4.79 Å². The summed E-state index contributed by atoms with van der Waals surface area (Å²) in [6, 6.07) is 15.2. The number of aryl methyl sites for hydroxylation is 1. The number of hydrogen-bond donors (Lipinski definition) is 1. The molecule has 7 nitrogen and oxygen atoms in total. The van der Waals surface area contributed by atoms with Crippen LogP contribution in [0.3, 0.4) is 0 Å². The van der Waals surface area contributed by atoms with Crippen molar-refractivity contribution >= 4 is 11.9 Å². The van der Waals surface area contributed by atoms with E-state index in [4.69, 9.17) is 4.74 Å². The van der Waals surface area contributed by atoms with Crippen LogP contribution in [0.5, 0.6) is 5.75 Å². The molecule has 1 amide bonds. The van der Waals surface area contributed by atoms with E-state index >= 15 is 0 Å². The number of benzene rings is 2. The monoisotopic (exact) mass is 515 g/mol. The first-order valence-electron chi connectivity index (χ1n) is 13.7. The maximum absolute atomic E-state index is 12.5. The summed E-state index contributed by atoms with van der Waals surface area (Å²) in [7, 11) is 0. The topological polar surface area (TPSA) is 92.6 Å². The van der Waals surface area contributed by atoms with Gasteiger partial charge in [0.1, 0.15) is 11.8 Å². The third-order valence-electron chi connectivity index (χ3n) is 7.05. The molecule has 3 aromatic rings. The largest absolute Gasteiger partial charge is 0.494 e. The highest BCUT2D eigenvalue weighted by Gasteiger charge is 2.33. The molecule has 0 spiro atoms. The Morgan fingerprint density at radius 2 is 1.61 bits per heavy atom. The van der Waals surface area contributed by atoms with Crippen LogP contribution in [0.4, 0.5) is 0 Å². The van der Waals surface area contributed by atoms with Crippen LogP contribution in [0.15, 0.2) is 60.9 Å². The Labute approximate surface area is 224 Å². The number of nitrogens with zero attached hydrogens (tertiary/aromatic N) is 3. The van der Waals surface area contributed by atoms with Crippen LogP contribution < -0.4 is 4.74 Å². The molecule has 1 saturated heterocycles. The second kappa shape index (κ2) is 13.7. The molecule has 1 fully saturated rings. The summed E-state index contributed by atoms with van der Waals surface area (Å²) in [6.45, 7) is 3.50. The van der Waals surface area contributed by atoms with Crippen molar-refractivity contribution in [3.05, 3.63) is 66.5 Å². The molecule has 1 atom stereocenters. The number of rotatable bonds is 13. The predicted molar refractivity (Wildman–Crippen MR) is 148 cm³/mol. The Hall–Kier alpha value is -3.74. The van der Waals surface area contributed by atoms with E-state index in [2.05, 4.69) is 16.9 Å². The molecule has 1 N–H and O–H groups in total. The van der Waals surface area contributed by atoms with E-state index in [1.807, 2.05) is 60.9 Å². The van der Waals surface area contributed by atoms with Crippen molar-refractivity contribution in [2.45, 2.75) is 70.8 Å². The number of aliphatic carboxylic acids is 1. The molecular weight excluding hydrogens is 478 g/mol. The van der Waals surface area contributed by atoms with Crippen molar-refractivity contribution in [1.82, 2.24) is 14.9 Å². The number of carboxylic acid groups (broad SMARTS) is 1. The fourth-order valence-corrected chi connectivity index (χ4v) is 4.80. The Morgan fingerprint density at radius 1 is 0.921 bits per heavy atom. The number of carboxylic acids is 1. The summed E-state index contributed by atoms with van der Waals surface area (Å²) >= 11 is 0. The standard InChI is InChI=1S/C31H37N3O4/c1-2-3-4-5-6-20-38-27-16-14-24(15-17-27)26-21-32-30(33-22-26)25-12-9-23(10-13-25)11-18-29(35)34-19-7-8-28(34)31(36)37/h9-10,12-17,21-22,28H,2-8,11,18-20H2,1H3,(H,36,37). The average molecular weight is 516 g/mol. The van der Waals surface area contributed by atoms with Gasteiger partial charge in [-0.05, 0) is 48.9 Å². The number of ether oxygens (including phenoxy) is 1. The molecular formula is C31H37N3O4. The lowest BCUT2D eigenvalue weighted by atomic mass is 10.1. The van der Waals surface area contributed by atoms with Crippen LogP contribution in [0.1, 0.15) is 63.9 Å². The molecule has 0 aliphatic carbocycles. The third kappa shape index (κ3) is 7.40. The minimum absolute atomic E-state index is 0.0973. The second-order valence-electron chi connectivity index (χ2n) is 9.86. The molecule has 0 radical (unpaired) electrons. The normalized spacial score (nSPS) is 15.0. The quantitative estimate of drug-likeness (QED) is 0.274. The number of hydrogen-bond acceptors (Lipinski definition) is 5. The van der Waals surface area contributed by atoms with Gasteiger partial charge in [-0.2, -0.15) is 0 Å². The van der Waals surface area contributed by atoms with Crippen LogP contribution in [0.25, 0.3) is 22.5 Å². The van der Waals surface area contributed by atoms with Crippen LogP contribution in [-0.2, 0) is 16.0 Å². The van der Waals surface area contributed by atoms with Crippen LogP contribution >= 0.6 is 0 Å². The van der Waals surface area contributed by atoms with Gasteiger partial charge < -0.3 is 14.7 Å². The van der Waals surface area contributed by atoms with Gasteiger partial charge in [-0.25, -0.2) is 14.8 Å². The number of aromatic nitrogens is 2. The van der Waals surface area contributed by atoms with Gasteiger partial charge in [0.15, 0.2) is 5.82 Å². The van der Waals surface area contributed by atoms with Crippen molar-refractivity contribution in [2.24, 2.45) is 0 Å². The molecule has 1 aliphatic heterocycles. The van der Waals surface area contributed by atoms with Crippen LogP contribution in [-0.4, -0.2) is 51.0 Å². The van der Waals surface area contributed by atoms with Crippen LogP contribution in [0, 0.1) is 0 Å². The summed E-state index contributed by atoms with van der Waals surface area (Å²) in [6.07, 6.45) is 11.9. The lowest BCUT2D eigenvalue weighted by molar-refractivity contribution is -0.148. The summed E-state index contributed by atoms with van der Waals surface area (Å²) in [4.78, 5) is 34.5. The van der Waals surface area contributed by atoms with Gasteiger partial charge in [0, 0.05) is 36.5 Å². The minimum atomic E-state index is -0.916. The fraction of sp³-hybridized carbons (Fsp3) is 0.419. The van der Waals surface area contributed by atoms with E-state index in [0.29, 0.717) is 31.6 Å². The Bertz CT molecular complexity index is 1180. The second-order valence-corrected chi connectivity index (χ2v) is 9.86. The van der Waals surface area contributed by atoms with Crippen molar-refractivity contribution < 1.29 is 19.4 Å². The molecule has 4 rings (SSSR count). The van der Waals surface area contributed by atoms with Crippen molar-refractivity contribution in [2.75, 3.05) is 13.2 Å². The number of carbonyl (C=O) groups excluding carboxylic acids is 1. The molecule has 1 aliphatic rings. The molecule has 7 heteroatoms. The Balaban J connectivity index is 1.27. The van der Waals surface area contributed by atoms with E-state index in [-0.39, 0.29) is 5.91 Å². The van der Waals surface area contributed by atoms with Gasteiger partial charge in [0.05, 0.1) is 6.61 Å². The fourth-order valence-electron chi connectivity index (χ4n) is 4.80. The number of unbranched alkanes of at least 4 members (excludes halogenated alkanes) is 4. The minimum Gasteiger partial charge on any atom is -0.494 e. The van der Waals surface area contributed by atoms with Crippen molar-refractivity contribution in [1.29, 1.82) is 0 Å². The molecule has 200 valence electrons. The Kier molecular flexibility index (Phi) is 9.84. The van der Waals surface area contributed by atoms with Crippen LogP contribution in [0.2, 0.25) is 0 Å². The summed E-state index contributed by atoms with van der Waals surface area (Å²) < 4.78 is 5.86. The van der Waals surface area contributed by atoms with E-state index < -0.39 is 12.0 Å². The smallest absolute Gasteiger partial charge is 0.326 e. The van der Waals surface area contributed by atoms with E-state index in [1.165, 1.54) is 30.6 Å². The lowest BCUT2D eigenvalue weighted by Crippen LogP contribution is -2.40. The average Bonchev–Trinajstić information content (AvgIpc) is 3.45. The number of amides is 1. The highest BCUT2D eigenvalue weighted by molar-refractivity contribution is 5.84. The maximum Gasteiger partial charge on any atom is 0.326 e. The molecule has 38 heavy (non-hydrogen) atoms. The van der Waals surface area contributed by atoms with Gasteiger partial charge in [0.25, 0.3) is 0 Å². The first-order valence-corrected chi connectivity index (χ1v) is 13.7. The van der Waals surface area contributed by atoms with E-state index in [9.17, 15) is 14.7 Å². The lowest BCUT2D eigenvalue weighted by Gasteiger charge is -2.21. The first-order chi connectivity index (χ1) is 18.5. The van der Waals surface area contributed by atoms with Gasteiger partial charge in [-0.1, -0.05) is 69.0 Å². The molecule has 1 unspecified atom stereocenters. The molecule has 1 aromatic heterocycles. The van der Waals surface area contributed by atoms with E-state index in [1.54, 1.807) is 0 Å². The highest BCUT2D eigenvalue weighted by Crippen LogP contribution is 2.24. The highest BCUT2D eigenvalue weighted by atomic mass is 16.5. The summed E-state index contributed by atoms with van der Waals surface area (Å²) in [5.41, 5.74) is 3.90. The molecule has 2 aromatic carbocycles. The summed E-state index contributed by atoms with van der Waals surface area (Å²) in [5, 5.41) is 9.30. The summed E-state index contributed by atoms with van der Waals surface area (Å²) in [5.74, 6) is 0.507. The molecule has 0 bridgehead atoms. The number of carbonyl (C=O) groups is 2. The van der Waals surface area contributed by atoms with Gasteiger partial charge in [-0.15, -0.1) is 0 Å². The third-order valence-corrected chi connectivity index (χ3v) is 7.05. The maximum atomic E-state index is 12.5. The van der Waals surface area contributed by atoms with Gasteiger partial charge in [0.2, 0.25) is 5.91 Å². The molecule has 0 saturated carbocycles. The molecule has 2 heterocycles. The van der Waals surface area contributed by atoms with Crippen molar-refractivity contribution in [3.63, 3.8) is 0 Å². The first kappa shape index (κ1) is 27.3. The zero-order valence-corrected chi connectivity index (χ0v) is 22.1. The van der Waals surface area contributed by atoms with Crippen molar-refractivity contribution in [3.8, 4) is 28.3 Å². The number of likely N-dealkylation sites (tertiary alicyclic amines) is 1. The zero-order valence-electron chi connectivity index (χ0n) is 22.1. The Morgan fingerprint density at radius 3 is 2.29 bits per heavy atom. The van der Waals surface area contributed by atoms with Gasteiger partial charge >= 0.3 is 5.97 Å². The SMILES string of the molecule is CCCCCCCOc1ccc(-c2cnc(-c3ccc(CCC(=O)N4CCCC4C(=O)O)cc3)nc2)cc1. The zero-order chi connectivity index (χ0) is 26.7.